The molecule has 0 aliphatic heterocycles. The highest BCUT2D eigenvalue weighted by atomic mass is 35.5. The molecule has 0 spiro atoms. The summed E-state index contributed by atoms with van der Waals surface area (Å²) >= 11 is 11.9. The van der Waals surface area contributed by atoms with Gasteiger partial charge in [0.05, 0.1) is 21.7 Å². The van der Waals surface area contributed by atoms with E-state index in [1.54, 1.807) is 48.5 Å². The van der Waals surface area contributed by atoms with Crippen LogP contribution in [0.3, 0.4) is 0 Å². The van der Waals surface area contributed by atoms with Crippen molar-refractivity contribution in [1.29, 1.82) is 5.26 Å². The van der Waals surface area contributed by atoms with E-state index in [-0.39, 0.29) is 11.1 Å². The maximum atomic E-state index is 13.9. The fraction of sp³-hybridized carbons (Fsp3) is 0.0455. The molecule has 0 radical (unpaired) electrons. The Bertz CT molecular complexity index is 1020. The van der Waals surface area contributed by atoms with Crippen LogP contribution in [-0.4, -0.2) is 0 Å². The molecule has 5 heteroatoms. The van der Waals surface area contributed by atoms with Crippen LogP contribution in [0.4, 0.5) is 4.39 Å². The SMILES string of the molecule is N#CC(=Cc1ccc(OCc2ccc(Cl)c(Cl)c2)cc1)c1ccccc1F. The molecule has 3 aromatic carbocycles. The van der Waals surface area contributed by atoms with Gasteiger partial charge in [-0.2, -0.15) is 5.26 Å². The number of benzene rings is 3. The molecular weight excluding hydrogens is 384 g/mol. The summed E-state index contributed by atoms with van der Waals surface area (Å²) in [5.74, 6) is 0.245. The first-order valence-electron chi connectivity index (χ1n) is 8.10. The molecule has 3 aromatic rings. The number of hydrogen-bond acceptors (Lipinski definition) is 2. The third-order valence-corrected chi connectivity index (χ3v) is 4.60. The number of hydrogen-bond donors (Lipinski definition) is 0. The van der Waals surface area contributed by atoms with Crippen LogP contribution < -0.4 is 4.74 Å². The average Bonchev–Trinajstić information content (AvgIpc) is 2.68. The van der Waals surface area contributed by atoms with Gasteiger partial charge in [-0.3, -0.25) is 0 Å². The van der Waals surface area contributed by atoms with E-state index in [9.17, 15) is 9.65 Å². The first-order valence-corrected chi connectivity index (χ1v) is 8.86. The predicted molar refractivity (Wildman–Crippen MR) is 107 cm³/mol. The Balaban J connectivity index is 1.72. The summed E-state index contributed by atoms with van der Waals surface area (Å²) in [5.41, 5.74) is 2.22. The zero-order chi connectivity index (χ0) is 19.2. The van der Waals surface area contributed by atoms with E-state index in [1.807, 2.05) is 24.3 Å². The molecular formula is C22H14Cl2FNO. The minimum Gasteiger partial charge on any atom is -0.489 e. The molecule has 0 atom stereocenters. The second kappa shape index (κ2) is 8.73. The second-order valence-corrected chi connectivity index (χ2v) is 6.57. The van der Waals surface area contributed by atoms with Gasteiger partial charge < -0.3 is 4.74 Å². The Morgan fingerprint density at radius 3 is 2.41 bits per heavy atom. The molecule has 0 aromatic heterocycles. The number of halogens is 3. The molecule has 0 unspecified atom stereocenters. The van der Waals surface area contributed by atoms with Crippen LogP contribution in [0.25, 0.3) is 11.6 Å². The molecule has 0 aliphatic carbocycles. The summed E-state index contributed by atoms with van der Waals surface area (Å²) in [6, 6.07) is 20.8. The van der Waals surface area contributed by atoms with Crippen LogP contribution in [0.1, 0.15) is 16.7 Å². The fourth-order valence-electron chi connectivity index (χ4n) is 2.47. The standard InChI is InChI=1S/C22H14Cl2FNO/c23-20-10-7-16(12-21(20)24)14-27-18-8-5-15(6-9-18)11-17(13-26)19-3-1-2-4-22(19)25/h1-12H,14H2. The normalized spacial score (nSPS) is 11.1. The first kappa shape index (κ1) is 19.0. The van der Waals surface area contributed by atoms with E-state index in [0.717, 1.165) is 11.1 Å². The molecule has 0 fully saturated rings. The minimum atomic E-state index is -0.424. The lowest BCUT2D eigenvalue weighted by atomic mass is 10.0. The molecule has 0 saturated carbocycles. The van der Waals surface area contributed by atoms with E-state index in [2.05, 4.69) is 0 Å². The van der Waals surface area contributed by atoms with Crippen LogP contribution in [0.15, 0.2) is 66.7 Å². The fourth-order valence-corrected chi connectivity index (χ4v) is 2.79. The maximum absolute atomic E-state index is 13.9. The quantitative estimate of drug-likeness (QED) is 0.351. The molecule has 0 N–H and O–H groups in total. The van der Waals surface area contributed by atoms with E-state index in [1.165, 1.54) is 6.07 Å². The molecule has 0 saturated heterocycles. The highest BCUT2D eigenvalue weighted by Gasteiger charge is 2.07. The third-order valence-electron chi connectivity index (χ3n) is 3.87. The Morgan fingerprint density at radius 1 is 1.00 bits per heavy atom. The Morgan fingerprint density at radius 2 is 1.74 bits per heavy atom. The molecule has 134 valence electrons. The van der Waals surface area contributed by atoms with Gasteiger partial charge in [0.25, 0.3) is 0 Å². The average molecular weight is 398 g/mol. The third kappa shape index (κ3) is 4.89. The largest absolute Gasteiger partial charge is 0.489 e. The molecule has 2 nitrogen and oxygen atoms in total. The Hall–Kier alpha value is -2.80. The van der Waals surface area contributed by atoms with Crippen molar-refractivity contribution < 1.29 is 9.13 Å². The minimum absolute atomic E-state index is 0.262. The summed E-state index contributed by atoms with van der Waals surface area (Å²) in [6.45, 7) is 0.352. The van der Waals surface area contributed by atoms with Gasteiger partial charge in [0.15, 0.2) is 0 Å². The van der Waals surface area contributed by atoms with Gasteiger partial charge in [-0.05, 0) is 47.5 Å². The van der Waals surface area contributed by atoms with Gasteiger partial charge in [-0.15, -0.1) is 0 Å². The molecule has 27 heavy (non-hydrogen) atoms. The van der Waals surface area contributed by atoms with Crippen molar-refractivity contribution in [2.24, 2.45) is 0 Å². The van der Waals surface area contributed by atoms with Crippen molar-refractivity contribution in [3.05, 3.63) is 99.3 Å². The lowest BCUT2D eigenvalue weighted by Gasteiger charge is -2.08. The van der Waals surface area contributed by atoms with E-state index < -0.39 is 5.82 Å². The van der Waals surface area contributed by atoms with E-state index in [0.29, 0.717) is 22.4 Å². The number of allylic oxidation sites excluding steroid dienone is 1. The summed E-state index contributed by atoms with van der Waals surface area (Å²) in [6.07, 6.45) is 1.64. The van der Waals surface area contributed by atoms with Crippen LogP contribution in [0.2, 0.25) is 10.0 Å². The van der Waals surface area contributed by atoms with Gasteiger partial charge >= 0.3 is 0 Å². The van der Waals surface area contributed by atoms with E-state index >= 15 is 0 Å². The first-order chi connectivity index (χ1) is 13.1. The smallest absolute Gasteiger partial charge is 0.131 e. The van der Waals surface area contributed by atoms with Gasteiger partial charge in [0.1, 0.15) is 18.2 Å². The topological polar surface area (TPSA) is 33.0 Å². The van der Waals surface area contributed by atoms with Gasteiger partial charge in [0.2, 0.25) is 0 Å². The summed E-state index contributed by atoms with van der Waals surface area (Å²) in [4.78, 5) is 0. The molecule has 0 heterocycles. The highest BCUT2D eigenvalue weighted by molar-refractivity contribution is 6.42. The number of nitrogens with zero attached hydrogens (tertiary/aromatic N) is 1. The van der Waals surface area contributed by atoms with E-state index in [4.69, 9.17) is 27.9 Å². The Kier molecular flexibility index (Phi) is 6.13. The Labute approximate surface area is 167 Å². The molecule has 0 amide bonds. The lowest BCUT2D eigenvalue weighted by molar-refractivity contribution is 0.306. The number of nitriles is 1. The van der Waals surface area contributed by atoms with Crippen LogP contribution >= 0.6 is 23.2 Å². The van der Waals surface area contributed by atoms with Crippen molar-refractivity contribution in [2.75, 3.05) is 0 Å². The van der Waals surface area contributed by atoms with Gasteiger partial charge in [0, 0.05) is 5.56 Å². The van der Waals surface area contributed by atoms with Crippen molar-refractivity contribution in [2.45, 2.75) is 6.61 Å². The van der Waals surface area contributed by atoms with Crippen molar-refractivity contribution >= 4 is 34.9 Å². The molecule has 0 aliphatic rings. The zero-order valence-corrected chi connectivity index (χ0v) is 15.6. The number of rotatable bonds is 5. The monoisotopic (exact) mass is 397 g/mol. The summed E-state index contributed by atoms with van der Waals surface area (Å²) < 4.78 is 19.6. The predicted octanol–water partition coefficient (Wildman–Crippen LogP) is 6.78. The summed E-state index contributed by atoms with van der Waals surface area (Å²) in [5, 5.41) is 10.3. The maximum Gasteiger partial charge on any atom is 0.131 e. The molecule has 0 bridgehead atoms. The van der Waals surface area contributed by atoms with Crippen molar-refractivity contribution in [3.63, 3.8) is 0 Å². The van der Waals surface area contributed by atoms with Gasteiger partial charge in [-0.1, -0.05) is 59.6 Å². The zero-order valence-electron chi connectivity index (χ0n) is 14.1. The van der Waals surface area contributed by atoms with Crippen LogP contribution in [0.5, 0.6) is 5.75 Å². The number of ether oxygens (including phenoxy) is 1. The second-order valence-electron chi connectivity index (χ2n) is 5.76. The molecule has 3 rings (SSSR count). The van der Waals surface area contributed by atoms with Crippen LogP contribution in [0, 0.1) is 17.1 Å². The lowest BCUT2D eigenvalue weighted by Crippen LogP contribution is -1.95. The van der Waals surface area contributed by atoms with Crippen molar-refractivity contribution in [3.8, 4) is 11.8 Å². The highest BCUT2D eigenvalue weighted by Crippen LogP contribution is 2.24. The van der Waals surface area contributed by atoms with Crippen molar-refractivity contribution in [1.82, 2.24) is 0 Å². The van der Waals surface area contributed by atoms with Crippen LogP contribution in [-0.2, 0) is 6.61 Å². The summed E-state index contributed by atoms with van der Waals surface area (Å²) in [7, 11) is 0. The van der Waals surface area contributed by atoms with Gasteiger partial charge in [-0.25, -0.2) is 4.39 Å².